The number of nitrogens with zero attached hydrogens (tertiary/aromatic N) is 3. The van der Waals surface area contributed by atoms with Crippen LogP contribution in [0.1, 0.15) is 0 Å². The molecule has 4 nitrogen and oxygen atoms in total. The molecule has 13 heavy (non-hydrogen) atoms. The molecule has 0 saturated heterocycles. The Morgan fingerprint density at radius 1 is 1.31 bits per heavy atom. The van der Waals surface area contributed by atoms with Crippen LogP contribution in [0, 0.1) is 8.34 Å². The molecule has 0 saturated carbocycles. The van der Waals surface area contributed by atoms with Crippen molar-refractivity contribution in [3.05, 3.63) is 32.6 Å². The van der Waals surface area contributed by atoms with Gasteiger partial charge in [-0.2, -0.15) is 5.21 Å². The molecule has 2 aromatic rings. The van der Waals surface area contributed by atoms with Crippen LogP contribution in [0.4, 0.5) is 0 Å². The number of tetrazole rings is 1. The molecule has 0 aliphatic carbocycles. The molecule has 1 heterocycles. The summed E-state index contributed by atoms with van der Waals surface area (Å²) in [6.07, 6.45) is 0. The Labute approximate surface area is 93.1 Å². The van der Waals surface area contributed by atoms with E-state index < -0.39 is 0 Å². The fraction of sp³-hybridized carbons (Fsp3) is 0. The van der Waals surface area contributed by atoms with Gasteiger partial charge in [0.1, 0.15) is 0 Å². The van der Waals surface area contributed by atoms with Gasteiger partial charge in [-0.1, -0.05) is 10.3 Å². The number of benzene rings is 1. The number of aromatic amines is 1. The van der Waals surface area contributed by atoms with E-state index in [1.807, 2.05) is 24.3 Å². The summed E-state index contributed by atoms with van der Waals surface area (Å²) in [5, 5.41) is 9.98. The Balaban J connectivity index is 2.54. The smallest absolute Gasteiger partial charge is 0.210 e. The van der Waals surface area contributed by atoms with Gasteiger partial charge in [-0.3, -0.25) is 0 Å². The Morgan fingerprint density at radius 2 is 2.00 bits per heavy atom. The highest BCUT2D eigenvalue weighted by molar-refractivity contribution is 14.1. The van der Waals surface area contributed by atoms with Crippen molar-refractivity contribution < 1.29 is 0 Å². The Morgan fingerprint density at radius 3 is 2.54 bits per heavy atom. The minimum absolute atomic E-state index is 0.432. The second-order valence-electron chi connectivity index (χ2n) is 2.39. The van der Waals surface area contributed by atoms with Crippen LogP contribution in [-0.4, -0.2) is 20.2 Å². The lowest BCUT2D eigenvalue weighted by Crippen LogP contribution is -1.96. The Kier molecular flexibility index (Phi) is 2.40. The van der Waals surface area contributed by atoms with Gasteiger partial charge in [0, 0.05) is 3.57 Å². The average molecular weight is 304 g/mol. The maximum absolute atomic E-state index is 4.96. The number of H-pyrrole nitrogens is 1. The minimum atomic E-state index is 0.432. The topological polar surface area (TPSA) is 46.5 Å². The van der Waals surface area contributed by atoms with Gasteiger partial charge in [0.05, 0.1) is 5.69 Å². The maximum Gasteiger partial charge on any atom is 0.242 e. The van der Waals surface area contributed by atoms with Crippen LogP contribution in [0.2, 0.25) is 0 Å². The van der Waals surface area contributed by atoms with Crippen LogP contribution in [0.15, 0.2) is 24.3 Å². The fourth-order valence-corrected chi connectivity index (χ4v) is 1.50. The molecular formula is C7H5IN4S. The van der Waals surface area contributed by atoms with E-state index >= 15 is 0 Å². The molecule has 1 aromatic carbocycles. The summed E-state index contributed by atoms with van der Waals surface area (Å²) in [5.74, 6) is 0. The van der Waals surface area contributed by atoms with Crippen molar-refractivity contribution >= 4 is 34.8 Å². The molecule has 0 atom stereocenters. The molecule has 0 aliphatic rings. The van der Waals surface area contributed by atoms with Crippen molar-refractivity contribution in [1.29, 1.82) is 0 Å². The molecule has 66 valence electrons. The summed E-state index contributed by atoms with van der Waals surface area (Å²) >= 11 is 7.20. The van der Waals surface area contributed by atoms with Crippen LogP contribution in [-0.2, 0) is 0 Å². The Bertz CT molecular complexity index is 458. The molecule has 1 aromatic heterocycles. The first-order valence-corrected chi connectivity index (χ1v) is 5.02. The van der Waals surface area contributed by atoms with Crippen molar-refractivity contribution in [1.82, 2.24) is 20.2 Å². The molecule has 1 N–H and O–H groups in total. The van der Waals surface area contributed by atoms with Crippen molar-refractivity contribution in [3.8, 4) is 5.69 Å². The molecule has 0 unspecified atom stereocenters. The van der Waals surface area contributed by atoms with Gasteiger partial charge in [-0.05, 0) is 59.1 Å². The first-order chi connectivity index (χ1) is 6.27. The van der Waals surface area contributed by atoms with Crippen molar-refractivity contribution in [3.63, 3.8) is 0 Å². The molecule has 0 fully saturated rings. The number of halogens is 1. The normalized spacial score (nSPS) is 10.2. The monoisotopic (exact) mass is 304 g/mol. The van der Waals surface area contributed by atoms with Gasteiger partial charge >= 0.3 is 0 Å². The lowest BCUT2D eigenvalue weighted by atomic mass is 10.3. The van der Waals surface area contributed by atoms with Crippen LogP contribution < -0.4 is 0 Å². The second-order valence-corrected chi connectivity index (χ2v) is 4.01. The number of aromatic nitrogens is 4. The predicted molar refractivity (Wildman–Crippen MR) is 59.3 cm³/mol. The van der Waals surface area contributed by atoms with Gasteiger partial charge in [0.25, 0.3) is 0 Å². The quantitative estimate of drug-likeness (QED) is 0.647. The van der Waals surface area contributed by atoms with Gasteiger partial charge in [0.15, 0.2) is 0 Å². The van der Waals surface area contributed by atoms with Crippen molar-refractivity contribution in [2.45, 2.75) is 0 Å². The van der Waals surface area contributed by atoms with Crippen LogP contribution in [0.5, 0.6) is 0 Å². The van der Waals surface area contributed by atoms with Gasteiger partial charge < -0.3 is 0 Å². The average Bonchev–Trinajstić information content (AvgIpc) is 2.53. The zero-order valence-electron chi connectivity index (χ0n) is 6.44. The van der Waals surface area contributed by atoms with E-state index in [9.17, 15) is 0 Å². The molecule has 0 bridgehead atoms. The molecule has 2 rings (SSSR count). The standard InChI is InChI=1S/C7H5IN4S/c8-5-1-3-6(4-2-5)12-7(13)9-10-11-12/h1-4H,(H,9,11,13). The van der Waals surface area contributed by atoms with Gasteiger partial charge in [-0.15, -0.1) is 0 Å². The summed E-state index contributed by atoms with van der Waals surface area (Å²) < 4.78 is 3.26. The van der Waals surface area contributed by atoms with E-state index in [-0.39, 0.29) is 0 Å². The Hall–Kier alpha value is -0.760. The SMILES string of the molecule is S=c1nn[nH]n1-c1ccc(I)cc1. The predicted octanol–water partition coefficient (Wildman–Crippen LogP) is 1.93. The lowest BCUT2D eigenvalue weighted by molar-refractivity contribution is 0.786. The van der Waals surface area contributed by atoms with Crippen LogP contribution in [0.25, 0.3) is 5.69 Å². The number of rotatable bonds is 1. The van der Waals surface area contributed by atoms with E-state index in [1.165, 1.54) is 3.57 Å². The number of hydrogen-bond acceptors (Lipinski definition) is 3. The molecule has 6 heteroatoms. The van der Waals surface area contributed by atoms with E-state index in [1.54, 1.807) is 4.68 Å². The first-order valence-electron chi connectivity index (χ1n) is 3.53. The van der Waals surface area contributed by atoms with E-state index in [0.29, 0.717) is 4.77 Å². The van der Waals surface area contributed by atoms with E-state index in [0.717, 1.165) is 5.69 Å². The third kappa shape index (κ3) is 1.78. The number of hydrogen-bond donors (Lipinski definition) is 1. The molecular weight excluding hydrogens is 299 g/mol. The highest BCUT2D eigenvalue weighted by atomic mass is 127. The van der Waals surface area contributed by atoms with Crippen LogP contribution in [0.3, 0.4) is 0 Å². The third-order valence-electron chi connectivity index (χ3n) is 1.56. The van der Waals surface area contributed by atoms with Crippen molar-refractivity contribution in [2.75, 3.05) is 0 Å². The lowest BCUT2D eigenvalue weighted by Gasteiger charge is -1.99. The first kappa shape index (κ1) is 8.82. The highest BCUT2D eigenvalue weighted by Crippen LogP contribution is 2.09. The summed E-state index contributed by atoms with van der Waals surface area (Å²) in [4.78, 5) is 0. The zero-order chi connectivity index (χ0) is 9.26. The maximum atomic E-state index is 4.96. The summed E-state index contributed by atoms with van der Waals surface area (Å²) in [7, 11) is 0. The fourth-order valence-electron chi connectivity index (χ4n) is 0.956. The van der Waals surface area contributed by atoms with Crippen LogP contribution >= 0.6 is 34.8 Å². The second kappa shape index (κ2) is 3.54. The summed E-state index contributed by atoms with van der Waals surface area (Å²) in [6, 6.07) is 7.91. The van der Waals surface area contributed by atoms with Gasteiger partial charge in [0.2, 0.25) is 4.77 Å². The molecule has 0 radical (unpaired) electrons. The summed E-state index contributed by atoms with van der Waals surface area (Å²) in [5.41, 5.74) is 0.940. The minimum Gasteiger partial charge on any atom is -0.210 e. The van der Waals surface area contributed by atoms with E-state index in [2.05, 4.69) is 38.1 Å². The molecule has 0 spiro atoms. The zero-order valence-corrected chi connectivity index (χ0v) is 9.41. The third-order valence-corrected chi connectivity index (χ3v) is 2.54. The number of nitrogens with one attached hydrogen (secondary N) is 1. The van der Waals surface area contributed by atoms with Crippen molar-refractivity contribution in [2.24, 2.45) is 0 Å². The molecule has 0 amide bonds. The molecule has 0 aliphatic heterocycles. The van der Waals surface area contributed by atoms with Gasteiger partial charge in [-0.25, -0.2) is 4.68 Å². The highest BCUT2D eigenvalue weighted by Gasteiger charge is 1.97. The van der Waals surface area contributed by atoms with E-state index in [4.69, 9.17) is 12.2 Å². The largest absolute Gasteiger partial charge is 0.242 e. The summed E-state index contributed by atoms with van der Waals surface area (Å²) in [6.45, 7) is 0.